The molecule has 0 aliphatic rings. The van der Waals surface area contributed by atoms with Crippen molar-refractivity contribution in [2.45, 2.75) is 6.54 Å². The average Bonchev–Trinajstić information content (AvgIpc) is 3.29. The van der Waals surface area contributed by atoms with Crippen molar-refractivity contribution in [1.29, 1.82) is 0 Å². The van der Waals surface area contributed by atoms with Crippen LogP contribution in [0.25, 0.3) is 16.9 Å². The molecule has 4 aromatic rings. The molecule has 0 aliphatic carbocycles. The molecular weight excluding hydrogens is 321 g/mol. The molecule has 0 aliphatic heterocycles. The van der Waals surface area contributed by atoms with Gasteiger partial charge in [-0.3, -0.25) is 4.79 Å². The number of furan rings is 1. The lowest BCUT2D eigenvalue weighted by Gasteiger charge is -2.04. The van der Waals surface area contributed by atoms with Gasteiger partial charge in [0.25, 0.3) is 5.91 Å². The zero-order valence-corrected chi connectivity index (χ0v) is 13.1. The fourth-order valence-corrected chi connectivity index (χ4v) is 2.56. The number of hydrogen-bond donors (Lipinski definition) is 1. The third kappa shape index (κ3) is 3.14. The van der Waals surface area contributed by atoms with Crippen molar-refractivity contribution in [2.24, 2.45) is 0 Å². The number of rotatable bonds is 4. The minimum atomic E-state index is -0.288. The quantitative estimate of drug-likeness (QED) is 0.619. The van der Waals surface area contributed by atoms with E-state index in [2.05, 4.69) is 10.3 Å². The number of carbonyl (C=O) groups excluding carboxylic acids is 1. The zero-order chi connectivity index (χ0) is 17.2. The van der Waals surface area contributed by atoms with Crippen LogP contribution in [0.1, 0.15) is 15.9 Å². The maximum atomic E-state index is 13.0. The Labute approximate surface area is 142 Å². The molecule has 0 saturated carbocycles. The van der Waals surface area contributed by atoms with Crippen LogP contribution >= 0.6 is 0 Å². The largest absolute Gasteiger partial charge is 0.472 e. The monoisotopic (exact) mass is 335 g/mol. The Morgan fingerprint density at radius 1 is 1.12 bits per heavy atom. The molecule has 124 valence electrons. The van der Waals surface area contributed by atoms with E-state index in [1.165, 1.54) is 12.1 Å². The van der Waals surface area contributed by atoms with Crippen molar-refractivity contribution < 1.29 is 13.6 Å². The van der Waals surface area contributed by atoms with Crippen LogP contribution < -0.4 is 5.32 Å². The van der Waals surface area contributed by atoms with Gasteiger partial charge in [0.15, 0.2) is 0 Å². The number of imidazole rings is 1. The second-order valence-electron chi connectivity index (χ2n) is 5.63. The molecule has 0 atom stereocenters. The number of aromatic nitrogens is 2. The molecule has 0 fully saturated rings. The Kier molecular flexibility index (Phi) is 3.78. The van der Waals surface area contributed by atoms with Gasteiger partial charge in [-0.25, -0.2) is 9.37 Å². The van der Waals surface area contributed by atoms with Crippen molar-refractivity contribution in [3.05, 3.63) is 84.3 Å². The normalized spacial score (nSPS) is 10.9. The molecule has 0 unspecified atom stereocenters. The van der Waals surface area contributed by atoms with Gasteiger partial charge in [0, 0.05) is 30.1 Å². The number of pyridine rings is 1. The summed E-state index contributed by atoms with van der Waals surface area (Å²) in [6, 6.07) is 11.4. The summed E-state index contributed by atoms with van der Waals surface area (Å²) in [4.78, 5) is 16.8. The van der Waals surface area contributed by atoms with Crippen LogP contribution in [0.2, 0.25) is 0 Å². The Bertz CT molecular complexity index is 1020. The van der Waals surface area contributed by atoms with Gasteiger partial charge in [0.1, 0.15) is 11.5 Å². The summed E-state index contributed by atoms with van der Waals surface area (Å²) in [5.74, 6) is -0.468. The molecular formula is C19H14FN3O2. The molecule has 1 amide bonds. The summed E-state index contributed by atoms with van der Waals surface area (Å²) in [5.41, 5.74) is 3.67. The van der Waals surface area contributed by atoms with Gasteiger partial charge in [-0.1, -0.05) is 0 Å². The Balaban J connectivity index is 1.57. The van der Waals surface area contributed by atoms with Crippen LogP contribution in [0.5, 0.6) is 0 Å². The third-order valence-corrected chi connectivity index (χ3v) is 3.89. The number of benzene rings is 1. The van der Waals surface area contributed by atoms with Crippen LogP contribution in [-0.4, -0.2) is 15.3 Å². The SMILES string of the molecule is O=C(NCc1ccoc1)c1ccc2nc(-c3ccc(F)cc3)cn2c1. The van der Waals surface area contributed by atoms with E-state index in [9.17, 15) is 9.18 Å². The molecule has 3 heterocycles. The van der Waals surface area contributed by atoms with Gasteiger partial charge < -0.3 is 14.1 Å². The van der Waals surface area contributed by atoms with Gasteiger partial charge in [0.2, 0.25) is 0 Å². The van der Waals surface area contributed by atoms with Crippen LogP contribution in [-0.2, 0) is 6.54 Å². The van der Waals surface area contributed by atoms with Gasteiger partial charge in [-0.05, 0) is 42.5 Å². The van der Waals surface area contributed by atoms with Crippen LogP contribution in [0.15, 0.2) is 71.8 Å². The number of fused-ring (bicyclic) bond motifs is 1. The first-order valence-corrected chi connectivity index (χ1v) is 7.73. The highest BCUT2D eigenvalue weighted by Gasteiger charge is 2.09. The summed E-state index contributed by atoms with van der Waals surface area (Å²) >= 11 is 0. The van der Waals surface area contributed by atoms with Crippen LogP contribution in [0.4, 0.5) is 4.39 Å². The van der Waals surface area contributed by atoms with E-state index in [4.69, 9.17) is 4.42 Å². The molecule has 4 rings (SSSR count). The first-order valence-electron chi connectivity index (χ1n) is 7.73. The molecule has 5 nitrogen and oxygen atoms in total. The van der Waals surface area contributed by atoms with Crippen molar-refractivity contribution >= 4 is 11.6 Å². The van der Waals surface area contributed by atoms with Gasteiger partial charge in [-0.2, -0.15) is 0 Å². The minimum Gasteiger partial charge on any atom is -0.472 e. The average molecular weight is 335 g/mol. The smallest absolute Gasteiger partial charge is 0.253 e. The topological polar surface area (TPSA) is 59.5 Å². The van der Waals surface area contributed by atoms with E-state index in [1.807, 2.05) is 6.20 Å². The number of nitrogens with one attached hydrogen (secondary N) is 1. The third-order valence-electron chi connectivity index (χ3n) is 3.89. The fraction of sp³-hybridized carbons (Fsp3) is 0.0526. The lowest BCUT2D eigenvalue weighted by Crippen LogP contribution is -2.22. The Morgan fingerprint density at radius 2 is 1.96 bits per heavy atom. The Morgan fingerprint density at radius 3 is 2.72 bits per heavy atom. The van der Waals surface area contributed by atoms with E-state index < -0.39 is 0 Å². The number of hydrogen-bond acceptors (Lipinski definition) is 3. The molecule has 3 aromatic heterocycles. The summed E-state index contributed by atoms with van der Waals surface area (Å²) in [6.45, 7) is 0.401. The van der Waals surface area contributed by atoms with Gasteiger partial charge in [0.05, 0.1) is 23.8 Å². The maximum Gasteiger partial charge on any atom is 0.253 e. The van der Waals surface area contributed by atoms with Crippen molar-refractivity contribution in [3.63, 3.8) is 0 Å². The lowest BCUT2D eigenvalue weighted by molar-refractivity contribution is 0.0950. The molecule has 1 N–H and O–H groups in total. The lowest BCUT2D eigenvalue weighted by atomic mass is 10.2. The maximum absolute atomic E-state index is 13.0. The van der Waals surface area contributed by atoms with Crippen molar-refractivity contribution in [1.82, 2.24) is 14.7 Å². The van der Waals surface area contributed by atoms with Crippen LogP contribution in [0.3, 0.4) is 0 Å². The second kappa shape index (κ2) is 6.24. The van der Waals surface area contributed by atoms with E-state index in [0.29, 0.717) is 17.8 Å². The fourth-order valence-electron chi connectivity index (χ4n) is 2.56. The highest BCUT2D eigenvalue weighted by molar-refractivity contribution is 5.94. The van der Waals surface area contributed by atoms with Gasteiger partial charge in [-0.15, -0.1) is 0 Å². The molecule has 1 aromatic carbocycles. The number of halogens is 1. The Hall–Kier alpha value is -3.41. The summed E-state index contributed by atoms with van der Waals surface area (Å²) in [6.07, 6.45) is 6.69. The molecule has 25 heavy (non-hydrogen) atoms. The van der Waals surface area contributed by atoms with E-state index in [0.717, 1.165) is 16.8 Å². The van der Waals surface area contributed by atoms with Crippen molar-refractivity contribution in [3.8, 4) is 11.3 Å². The first-order chi connectivity index (χ1) is 12.2. The predicted molar refractivity (Wildman–Crippen MR) is 90.5 cm³/mol. The van der Waals surface area contributed by atoms with E-state index in [1.54, 1.807) is 53.5 Å². The van der Waals surface area contributed by atoms with Crippen LogP contribution in [0, 0.1) is 5.82 Å². The molecule has 0 bridgehead atoms. The molecule has 0 spiro atoms. The zero-order valence-electron chi connectivity index (χ0n) is 13.1. The summed E-state index contributed by atoms with van der Waals surface area (Å²) < 4.78 is 19.8. The molecule has 0 saturated heterocycles. The summed E-state index contributed by atoms with van der Waals surface area (Å²) in [7, 11) is 0. The highest BCUT2D eigenvalue weighted by Crippen LogP contribution is 2.20. The standard InChI is InChI=1S/C19H14FN3O2/c20-16-4-1-14(2-5-16)17-11-23-10-15(3-6-18(23)22-17)19(24)21-9-13-7-8-25-12-13/h1-8,10-12H,9H2,(H,21,24). The summed E-state index contributed by atoms with van der Waals surface area (Å²) in [5, 5.41) is 2.84. The molecule has 0 radical (unpaired) electrons. The molecule has 6 heteroatoms. The number of nitrogens with zero attached hydrogens (tertiary/aromatic N) is 2. The van der Waals surface area contributed by atoms with E-state index in [-0.39, 0.29) is 11.7 Å². The predicted octanol–water partition coefficient (Wildman–Crippen LogP) is 3.66. The van der Waals surface area contributed by atoms with E-state index >= 15 is 0 Å². The highest BCUT2D eigenvalue weighted by atomic mass is 19.1. The first kappa shape index (κ1) is 15.1. The van der Waals surface area contributed by atoms with Crippen molar-refractivity contribution in [2.75, 3.05) is 0 Å². The number of carbonyl (C=O) groups is 1. The second-order valence-corrected chi connectivity index (χ2v) is 5.63. The van der Waals surface area contributed by atoms with Gasteiger partial charge >= 0.3 is 0 Å². The number of amides is 1. The minimum absolute atomic E-state index is 0.180.